The largest absolute Gasteiger partial charge is 0.496 e. The average molecular weight is 236 g/mol. The zero-order valence-corrected chi connectivity index (χ0v) is 11.2. The Hall–Kier alpha value is -1.06. The minimum absolute atomic E-state index is 0.780. The van der Waals surface area contributed by atoms with Crippen molar-refractivity contribution in [1.82, 2.24) is 5.32 Å². The molecule has 0 heterocycles. The fourth-order valence-electron chi connectivity index (χ4n) is 1.88. The van der Waals surface area contributed by atoms with E-state index in [4.69, 9.17) is 10.5 Å². The number of nitrogens with one attached hydrogen (secondary N) is 1. The van der Waals surface area contributed by atoms with E-state index in [0.717, 1.165) is 38.2 Å². The highest BCUT2D eigenvalue weighted by atomic mass is 16.5. The molecule has 1 aromatic rings. The molecule has 0 spiro atoms. The lowest BCUT2D eigenvalue weighted by Gasteiger charge is -2.12. The van der Waals surface area contributed by atoms with E-state index in [1.807, 2.05) is 0 Å². The zero-order chi connectivity index (χ0) is 12.7. The first-order chi connectivity index (χ1) is 8.19. The monoisotopic (exact) mass is 236 g/mol. The molecule has 0 bridgehead atoms. The van der Waals surface area contributed by atoms with E-state index in [1.165, 1.54) is 16.7 Å². The van der Waals surface area contributed by atoms with Crippen LogP contribution in [-0.2, 0) is 6.54 Å². The van der Waals surface area contributed by atoms with Gasteiger partial charge in [-0.1, -0.05) is 6.07 Å². The number of nitrogens with two attached hydrogens (primary N) is 1. The molecule has 0 aliphatic heterocycles. The highest BCUT2D eigenvalue weighted by Crippen LogP contribution is 2.22. The van der Waals surface area contributed by atoms with Crippen molar-refractivity contribution in [3.8, 4) is 5.75 Å². The quantitative estimate of drug-likeness (QED) is 0.713. The van der Waals surface area contributed by atoms with Gasteiger partial charge in [-0.15, -0.1) is 0 Å². The molecule has 1 aromatic carbocycles. The van der Waals surface area contributed by atoms with Gasteiger partial charge in [0.15, 0.2) is 0 Å². The SMILES string of the molecule is COc1cc(C)c(CNCCCCN)cc1C. The predicted octanol–water partition coefficient (Wildman–Crippen LogP) is 2.14. The third kappa shape index (κ3) is 4.36. The molecule has 3 heteroatoms. The third-order valence-electron chi connectivity index (χ3n) is 2.98. The highest BCUT2D eigenvalue weighted by molar-refractivity contribution is 5.41. The number of benzene rings is 1. The number of aryl methyl sites for hydroxylation is 2. The van der Waals surface area contributed by atoms with Gasteiger partial charge in [-0.2, -0.15) is 0 Å². The minimum Gasteiger partial charge on any atom is -0.496 e. The molecule has 0 unspecified atom stereocenters. The molecule has 96 valence electrons. The van der Waals surface area contributed by atoms with Gasteiger partial charge in [-0.25, -0.2) is 0 Å². The second kappa shape index (κ2) is 7.30. The molecule has 0 aliphatic carbocycles. The van der Waals surface area contributed by atoms with Crippen LogP contribution in [0, 0.1) is 13.8 Å². The van der Waals surface area contributed by atoms with Gasteiger partial charge in [0, 0.05) is 6.54 Å². The predicted molar refractivity (Wildman–Crippen MR) is 72.5 cm³/mol. The van der Waals surface area contributed by atoms with Crippen LogP contribution >= 0.6 is 0 Å². The summed E-state index contributed by atoms with van der Waals surface area (Å²) < 4.78 is 5.30. The van der Waals surface area contributed by atoms with E-state index < -0.39 is 0 Å². The van der Waals surface area contributed by atoms with Crippen LogP contribution in [0.2, 0.25) is 0 Å². The summed E-state index contributed by atoms with van der Waals surface area (Å²) in [6, 6.07) is 4.30. The Morgan fingerprint density at radius 3 is 2.59 bits per heavy atom. The smallest absolute Gasteiger partial charge is 0.122 e. The molecule has 0 atom stereocenters. The fraction of sp³-hybridized carbons (Fsp3) is 0.571. The van der Waals surface area contributed by atoms with Gasteiger partial charge in [0.2, 0.25) is 0 Å². The summed E-state index contributed by atoms with van der Waals surface area (Å²) in [6.45, 7) is 6.93. The van der Waals surface area contributed by atoms with Gasteiger partial charge < -0.3 is 15.8 Å². The topological polar surface area (TPSA) is 47.3 Å². The van der Waals surface area contributed by atoms with E-state index in [0.29, 0.717) is 0 Å². The van der Waals surface area contributed by atoms with Crippen molar-refractivity contribution >= 4 is 0 Å². The average Bonchev–Trinajstić information content (AvgIpc) is 2.32. The summed E-state index contributed by atoms with van der Waals surface area (Å²) >= 11 is 0. The number of methoxy groups -OCH3 is 1. The van der Waals surface area contributed by atoms with E-state index >= 15 is 0 Å². The van der Waals surface area contributed by atoms with Crippen LogP contribution in [0.15, 0.2) is 12.1 Å². The van der Waals surface area contributed by atoms with Gasteiger partial charge >= 0.3 is 0 Å². The van der Waals surface area contributed by atoms with Crippen molar-refractivity contribution in [3.05, 3.63) is 28.8 Å². The Labute approximate surface area is 104 Å². The van der Waals surface area contributed by atoms with Crippen molar-refractivity contribution in [1.29, 1.82) is 0 Å². The lowest BCUT2D eigenvalue weighted by Crippen LogP contribution is -2.16. The van der Waals surface area contributed by atoms with Gasteiger partial charge in [-0.3, -0.25) is 0 Å². The maximum absolute atomic E-state index is 5.46. The van der Waals surface area contributed by atoms with Gasteiger partial charge in [0.1, 0.15) is 5.75 Å². The first-order valence-electron chi connectivity index (χ1n) is 6.24. The molecule has 3 nitrogen and oxygen atoms in total. The van der Waals surface area contributed by atoms with Crippen LogP contribution in [0.5, 0.6) is 5.75 Å². The summed E-state index contributed by atoms with van der Waals surface area (Å²) in [6.07, 6.45) is 2.23. The van der Waals surface area contributed by atoms with Crippen molar-refractivity contribution in [2.75, 3.05) is 20.2 Å². The van der Waals surface area contributed by atoms with Crippen LogP contribution in [-0.4, -0.2) is 20.2 Å². The second-order valence-corrected chi connectivity index (χ2v) is 4.42. The zero-order valence-electron chi connectivity index (χ0n) is 11.2. The second-order valence-electron chi connectivity index (χ2n) is 4.42. The summed E-state index contributed by atoms with van der Waals surface area (Å²) in [5.41, 5.74) is 9.27. The molecule has 3 N–H and O–H groups in total. The molecule has 1 rings (SSSR count). The molecule has 0 saturated heterocycles. The number of ether oxygens (including phenoxy) is 1. The number of hydrogen-bond donors (Lipinski definition) is 2. The first-order valence-corrected chi connectivity index (χ1v) is 6.24. The lowest BCUT2D eigenvalue weighted by molar-refractivity contribution is 0.411. The minimum atomic E-state index is 0.780. The normalized spacial score (nSPS) is 10.6. The van der Waals surface area contributed by atoms with E-state index in [-0.39, 0.29) is 0 Å². The van der Waals surface area contributed by atoms with Crippen molar-refractivity contribution < 1.29 is 4.74 Å². The van der Waals surface area contributed by atoms with Crippen molar-refractivity contribution in [2.45, 2.75) is 33.2 Å². The van der Waals surface area contributed by atoms with Crippen LogP contribution in [0.1, 0.15) is 29.5 Å². The molecule has 0 saturated carbocycles. The summed E-state index contributed by atoms with van der Waals surface area (Å²) in [4.78, 5) is 0. The molecule has 0 fully saturated rings. The Balaban J connectivity index is 2.51. The Kier molecular flexibility index (Phi) is 6.01. The van der Waals surface area contributed by atoms with Crippen LogP contribution in [0.3, 0.4) is 0 Å². The van der Waals surface area contributed by atoms with Crippen LogP contribution in [0.25, 0.3) is 0 Å². The van der Waals surface area contributed by atoms with Crippen molar-refractivity contribution in [2.24, 2.45) is 5.73 Å². The van der Waals surface area contributed by atoms with Gasteiger partial charge in [0.05, 0.1) is 7.11 Å². The Bertz CT molecular complexity index is 350. The molecule has 0 aromatic heterocycles. The van der Waals surface area contributed by atoms with Gasteiger partial charge in [0.25, 0.3) is 0 Å². The molecule has 0 radical (unpaired) electrons. The fourth-order valence-corrected chi connectivity index (χ4v) is 1.88. The van der Waals surface area contributed by atoms with Crippen LogP contribution in [0.4, 0.5) is 0 Å². The van der Waals surface area contributed by atoms with Crippen LogP contribution < -0.4 is 15.8 Å². The maximum atomic E-state index is 5.46. The van der Waals surface area contributed by atoms with E-state index in [2.05, 4.69) is 31.3 Å². The number of rotatable bonds is 7. The van der Waals surface area contributed by atoms with E-state index in [1.54, 1.807) is 7.11 Å². The molecule has 0 amide bonds. The molecule has 17 heavy (non-hydrogen) atoms. The summed E-state index contributed by atoms with van der Waals surface area (Å²) in [7, 11) is 1.71. The molecular weight excluding hydrogens is 212 g/mol. The maximum Gasteiger partial charge on any atom is 0.122 e. The summed E-state index contributed by atoms with van der Waals surface area (Å²) in [5, 5.41) is 3.45. The molecular formula is C14H24N2O. The van der Waals surface area contributed by atoms with E-state index in [9.17, 15) is 0 Å². The molecule has 0 aliphatic rings. The first kappa shape index (κ1) is 14.0. The highest BCUT2D eigenvalue weighted by Gasteiger charge is 2.04. The Morgan fingerprint density at radius 1 is 1.18 bits per heavy atom. The number of hydrogen-bond acceptors (Lipinski definition) is 3. The van der Waals surface area contributed by atoms with Crippen molar-refractivity contribution in [3.63, 3.8) is 0 Å². The Morgan fingerprint density at radius 2 is 1.94 bits per heavy atom. The standard InChI is InChI=1S/C14H24N2O/c1-11-9-14(17-3)12(2)8-13(11)10-16-7-5-4-6-15/h8-9,16H,4-7,10,15H2,1-3H3. The number of unbranched alkanes of at least 4 members (excludes halogenated alkanes) is 1. The lowest BCUT2D eigenvalue weighted by atomic mass is 10.0. The third-order valence-corrected chi connectivity index (χ3v) is 2.98. The summed E-state index contributed by atoms with van der Waals surface area (Å²) in [5.74, 6) is 0.967. The van der Waals surface area contributed by atoms with Gasteiger partial charge in [-0.05, 0) is 62.5 Å².